The zero-order valence-corrected chi connectivity index (χ0v) is 20.7. The van der Waals surface area contributed by atoms with Crippen LogP contribution in [0.5, 0.6) is 0 Å². The highest BCUT2D eigenvalue weighted by Gasteiger charge is 2.40. The van der Waals surface area contributed by atoms with E-state index in [4.69, 9.17) is 0 Å². The first kappa shape index (κ1) is 25.3. The van der Waals surface area contributed by atoms with Crippen LogP contribution in [-0.4, -0.2) is 40.7 Å². The van der Waals surface area contributed by atoms with Crippen LogP contribution in [0.4, 0.5) is 13.2 Å². The van der Waals surface area contributed by atoms with Gasteiger partial charge in [-0.1, -0.05) is 30.7 Å². The van der Waals surface area contributed by atoms with Crippen LogP contribution in [0.3, 0.4) is 0 Å². The van der Waals surface area contributed by atoms with Gasteiger partial charge in [-0.2, -0.15) is 13.2 Å². The standard InChI is InChI=1S/C23H27F3N6.HI/c1-27-21(28-13-5-10-20-31-30-19-9-2-3-14-32(19)20)29-16-22(11-6-12-22)17-7-4-8-18(15-17)23(24,25)26;/h2-4,7-9,14-15H,5-6,10-13,16H2,1H3,(H2,27,28,29);1H. The molecule has 0 unspecified atom stereocenters. The van der Waals surface area contributed by atoms with Crippen molar-refractivity contribution < 1.29 is 13.2 Å². The van der Waals surface area contributed by atoms with E-state index in [-0.39, 0.29) is 29.4 Å². The van der Waals surface area contributed by atoms with Crippen LogP contribution < -0.4 is 10.6 Å². The molecule has 1 aliphatic rings. The zero-order valence-electron chi connectivity index (χ0n) is 18.4. The molecule has 1 fully saturated rings. The molecule has 3 aromatic rings. The van der Waals surface area contributed by atoms with E-state index in [1.54, 1.807) is 13.1 Å². The Balaban J connectivity index is 0.00000306. The van der Waals surface area contributed by atoms with Crippen molar-refractivity contribution >= 4 is 35.6 Å². The smallest absolute Gasteiger partial charge is 0.356 e. The van der Waals surface area contributed by atoms with E-state index in [1.807, 2.05) is 28.8 Å². The number of hydrogen-bond donors (Lipinski definition) is 2. The molecule has 0 aliphatic heterocycles. The topological polar surface area (TPSA) is 66.6 Å². The van der Waals surface area contributed by atoms with Gasteiger partial charge in [0.2, 0.25) is 0 Å². The lowest BCUT2D eigenvalue weighted by atomic mass is 9.64. The second-order valence-corrected chi connectivity index (χ2v) is 8.21. The Kier molecular flexibility index (Phi) is 8.19. The minimum atomic E-state index is -4.33. The molecule has 6 nitrogen and oxygen atoms in total. The van der Waals surface area contributed by atoms with Gasteiger partial charge in [-0.25, -0.2) is 0 Å². The lowest BCUT2D eigenvalue weighted by molar-refractivity contribution is -0.137. The third-order valence-corrected chi connectivity index (χ3v) is 6.18. The maximum Gasteiger partial charge on any atom is 0.416 e. The first-order valence-electron chi connectivity index (χ1n) is 10.8. The van der Waals surface area contributed by atoms with Crippen LogP contribution in [0.1, 0.15) is 42.6 Å². The fourth-order valence-electron chi connectivity index (χ4n) is 4.18. The minimum absolute atomic E-state index is 0. The number of nitrogens with one attached hydrogen (secondary N) is 2. The van der Waals surface area contributed by atoms with Crippen LogP contribution >= 0.6 is 24.0 Å². The predicted octanol–water partition coefficient (Wildman–Crippen LogP) is 4.59. The third-order valence-electron chi connectivity index (χ3n) is 6.18. The van der Waals surface area contributed by atoms with Gasteiger partial charge >= 0.3 is 6.18 Å². The number of guanidine groups is 1. The fourth-order valence-corrected chi connectivity index (χ4v) is 4.18. The summed E-state index contributed by atoms with van der Waals surface area (Å²) < 4.78 is 41.4. The van der Waals surface area contributed by atoms with Crippen LogP contribution in [-0.2, 0) is 18.0 Å². The SMILES string of the molecule is CN=C(NCCCc1nnc2ccccn12)NCC1(c2cccc(C(F)(F)F)c2)CCC1.I. The molecule has 1 aliphatic carbocycles. The van der Waals surface area contributed by atoms with Crippen molar-refractivity contribution in [1.82, 2.24) is 25.2 Å². The molecule has 0 radical (unpaired) electrons. The fraction of sp³-hybridized carbons (Fsp3) is 0.435. The van der Waals surface area contributed by atoms with E-state index in [0.29, 0.717) is 19.0 Å². The Labute approximate surface area is 208 Å². The van der Waals surface area contributed by atoms with Gasteiger partial charge in [0.25, 0.3) is 0 Å². The Morgan fingerprint density at radius 1 is 1.12 bits per heavy atom. The van der Waals surface area contributed by atoms with E-state index in [0.717, 1.165) is 55.2 Å². The Hall–Kier alpha value is -2.37. The summed E-state index contributed by atoms with van der Waals surface area (Å²) in [5.41, 5.74) is 0.678. The molecular formula is C23H28F3IN6. The van der Waals surface area contributed by atoms with Crippen molar-refractivity contribution in [2.75, 3.05) is 20.1 Å². The van der Waals surface area contributed by atoms with Gasteiger partial charge in [0.15, 0.2) is 11.6 Å². The predicted molar refractivity (Wildman–Crippen MR) is 133 cm³/mol. The van der Waals surface area contributed by atoms with Crippen LogP contribution in [0.2, 0.25) is 0 Å². The largest absolute Gasteiger partial charge is 0.416 e. The zero-order chi connectivity index (χ0) is 22.6. The molecule has 33 heavy (non-hydrogen) atoms. The van der Waals surface area contributed by atoms with E-state index in [2.05, 4.69) is 25.8 Å². The Bertz CT molecular complexity index is 1090. The first-order chi connectivity index (χ1) is 15.4. The number of hydrogen-bond acceptors (Lipinski definition) is 3. The van der Waals surface area contributed by atoms with Gasteiger partial charge < -0.3 is 10.6 Å². The lowest BCUT2D eigenvalue weighted by Gasteiger charge is -2.43. The molecular weight excluding hydrogens is 544 g/mol. The normalized spacial score (nSPS) is 15.6. The average Bonchev–Trinajstić information content (AvgIpc) is 3.17. The number of nitrogens with zero attached hydrogens (tertiary/aromatic N) is 4. The van der Waals surface area contributed by atoms with Crippen molar-refractivity contribution in [3.8, 4) is 0 Å². The highest BCUT2D eigenvalue weighted by atomic mass is 127. The number of fused-ring (bicyclic) bond motifs is 1. The summed E-state index contributed by atoms with van der Waals surface area (Å²) in [4.78, 5) is 4.27. The van der Waals surface area contributed by atoms with Crippen molar-refractivity contribution in [2.24, 2.45) is 4.99 Å². The molecule has 2 N–H and O–H groups in total. The lowest BCUT2D eigenvalue weighted by Crippen LogP contribution is -2.49. The van der Waals surface area contributed by atoms with Crippen molar-refractivity contribution in [3.05, 3.63) is 65.6 Å². The number of aryl methyl sites for hydroxylation is 1. The van der Waals surface area contributed by atoms with Gasteiger partial charge in [-0.15, -0.1) is 34.2 Å². The number of aliphatic imine (C=N–C) groups is 1. The number of benzene rings is 1. The summed E-state index contributed by atoms with van der Waals surface area (Å²) in [6.07, 6.45) is 1.96. The Morgan fingerprint density at radius 2 is 1.94 bits per heavy atom. The number of halogens is 4. The molecule has 4 rings (SSSR count). The van der Waals surface area contributed by atoms with Crippen molar-refractivity contribution in [3.63, 3.8) is 0 Å². The van der Waals surface area contributed by atoms with Gasteiger partial charge in [0.1, 0.15) is 5.82 Å². The molecule has 0 saturated heterocycles. The molecule has 0 amide bonds. The number of aromatic nitrogens is 3. The van der Waals surface area contributed by atoms with Crippen LogP contribution in [0, 0.1) is 0 Å². The first-order valence-corrected chi connectivity index (χ1v) is 10.8. The monoisotopic (exact) mass is 572 g/mol. The summed E-state index contributed by atoms with van der Waals surface area (Å²) in [6, 6.07) is 11.5. The van der Waals surface area contributed by atoms with Crippen LogP contribution in [0.15, 0.2) is 53.7 Å². The number of alkyl halides is 3. The molecule has 1 aromatic carbocycles. The average molecular weight is 572 g/mol. The third kappa shape index (κ3) is 5.77. The molecule has 0 spiro atoms. The molecule has 1 saturated carbocycles. The van der Waals surface area contributed by atoms with Gasteiger partial charge in [-0.05, 0) is 43.0 Å². The molecule has 2 heterocycles. The molecule has 10 heteroatoms. The Morgan fingerprint density at radius 3 is 2.64 bits per heavy atom. The van der Waals surface area contributed by atoms with Crippen molar-refractivity contribution in [2.45, 2.75) is 43.7 Å². The summed E-state index contributed by atoms with van der Waals surface area (Å²) in [6.45, 7) is 1.24. The maximum absolute atomic E-state index is 13.2. The molecule has 0 bridgehead atoms. The highest BCUT2D eigenvalue weighted by molar-refractivity contribution is 14.0. The second-order valence-electron chi connectivity index (χ2n) is 8.21. The quantitative estimate of drug-likeness (QED) is 0.188. The second kappa shape index (κ2) is 10.7. The minimum Gasteiger partial charge on any atom is -0.356 e. The molecule has 2 aromatic heterocycles. The molecule has 178 valence electrons. The highest BCUT2D eigenvalue weighted by Crippen LogP contribution is 2.44. The van der Waals surface area contributed by atoms with E-state index >= 15 is 0 Å². The molecule has 0 atom stereocenters. The maximum atomic E-state index is 13.2. The van der Waals surface area contributed by atoms with E-state index < -0.39 is 11.7 Å². The number of pyridine rings is 1. The number of rotatable bonds is 7. The summed E-state index contributed by atoms with van der Waals surface area (Å²) in [5, 5.41) is 15.0. The summed E-state index contributed by atoms with van der Waals surface area (Å²) in [7, 11) is 1.69. The van der Waals surface area contributed by atoms with Gasteiger partial charge in [0.05, 0.1) is 5.56 Å². The van der Waals surface area contributed by atoms with Crippen molar-refractivity contribution in [1.29, 1.82) is 0 Å². The van der Waals surface area contributed by atoms with E-state index in [1.165, 1.54) is 12.1 Å². The van der Waals surface area contributed by atoms with Gasteiger partial charge in [-0.3, -0.25) is 9.39 Å². The van der Waals surface area contributed by atoms with E-state index in [9.17, 15) is 13.2 Å². The van der Waals surface area contributed by atoms with Gasteiger partial charge in [0, 0.05) is 38.2 Å². The summed E-state index contributed by atoms with van der Waals surface area (Å²) in [5.74, 6) is 1.55. The van der Waals surface area contributed by atoms with Crippen LogP contribution in [0.25, 0.3) is 5.65 Å². The summed E-state index contributed by atoms with van der Waals surface area (Å²) >= 11 is 0.